The molecular weight excluding hydrogens is 415 g/mol. The second kappa shape index (κ2) is 6.55. The lowest BCUT2D eigenvalue weighted by Crippen LogP contribution is -2.28. The SMILES string of the molecule is O=S(=O)(Oc1c(F)cc(-c2cccc3c2Cc2ccccc2-3)cc1F)C(F)(F)F. The number of benzene rings is 3. The predicted octanol–water partition coefficient (Wildman–Crippen LogP) is 5.43. The fourth-order valence-corrected chi connectivity index (χ4v) is 3.85. The molecule has 0 heterocycles. The van der Waals surface area contributed by atoms with Gasteiger partial charge in [-0.15, -0.1) is 0 Å². The van der Waals surface area contributed by atoms with Crippen molar-refractivity contribution in [1.29, 1.82) is 0 Å². The van der Waals surface area contributed by atoms with Crippen LogP contribution in [0.3, 0.4) is 0 Å². The molecule has 0 saturated carbocycles. The molecule has 0 radical (unpaired) electrons. The molecule has 0 aliphatic heterocycles. The van der Waals surface area contributed by atoms with Gasteiger partial charge in [-0.2, -0.15) is 21.6 Å². The predicted molar refractivity (Wildman–Crippen MR) is 95.6 cm³/mol. The van der Waals surface area contributed by atoms with Crippen molar-refractivity contribution < 1.29 is 34.6 Å². The summed E-state index contributed by atoms with van der Waals surface area (Å²) in [5, 5.41) is 0. The zero-order chi connectivity index (χ0) is 21.0. The van der Waals surface area contributed by atoms with Gasteiger partial charge in [-0.25, -0.2) is 8.78 Å². The summed E-state index contributed by atoms with van der Waals surface area (Å²) in [6.45, 7) is 0. The van der Waals surface area contributed by atoms with Crippen molar-refractivity contribution in [3.63, 3.8) is 0 Å². The molecule has 150 valence electrons. The second-order valence-corrected chi connectivity index (χ2v) is 7.96. The first-order valence-corrected chi connectivity index (χ1v) is 9.69. The van der Waals surface area contributed by atoms with Crippen LogP contribution in [0.4, 0.5) is 22.0 Å². The summed E-state index contributed by atoms with van der Waals surface area (Å²) >= 11 is 0. The molecule has 0 bridgehead atoms. The van der Waals surface area contributed by atoms with Gasteiger partial charge in [0.2, 0.25) is 5.75 Å². The van der Waals surface area contributed by atoms with Gasteiger partial charge < -0.3 is 4.18 Å². The van der Waals surface area contributed by atoms with Gasteiger partial charge in [0.15, 0.2) is 11.6 Å². The van der Waals surface area contributed by atoms with E-state index in [9.17, 15) is 30.4 Å². The Morgan fingerprint density at radius 3 is 2.07 bits per heavy atom. The Morgan fingerprint density at radius 1 is 0.828 bits per heavy atom. The minimum atomic E-state index is -6.20. The molecule has 9 heteroatoms. The first-order chi connectivity index (χ1) is 13.6. The van der Waals surface area contributed by atoms with Crippen LogP contribution in [-0.4, -0.2) is 13.9 Å². The molecule has 3 aromatic rings. The molecule has 0 fully saturated rings. The van der Waals surface area contributed by atoms with Gasteiger partial charge in [0, 0.05) is 0 Å². The first kappa shape index (κ1) is 19.4. The molecule has 0 atom stereocenters. The lowest BCUT2D eigenvalue weighted by molar-refractivity contribution is -0.0501. The summed E-state index contributed by atoms with van der Waals surface area (Å²) in [5.74, 6) is -4.73. The molecule has 0 N–H and O–H groups in total. The van der Waals surface area contributed by atoms with E-state index in [0.29, 0.717) is 12.0 Å². The van der Waals surface area contributed by atoms with E-state index in [4.69, 9.17) is 0 Å². The van der Waals surface area contributed by atoms with Crippen molar-refractivity contribution >= 4 is 10.1 Å². The molecule has 1 aliphatic rings. The number of hydrogen-bond acceptors (Lipinski definition) is 3. The van der Waals surface area contributed by atoms with Crippen LogP contribution in [0.25, 0.3) is 22.3 Å². The fourth-order valence-electron chi connectivity index (χ4n) is 3.38. The zero-order valence-corrected chi connectivity index (χ0v) is 15.2. The average Bonchev–Trinajstić information content (AvgIpc) is 3.02. The molecule has 0 amide bonds. The van der Waals surface area contributed by atoms with Gasteiger partial charge in [-0.1, -0.05) is 42.5 Å². The fraction of sp³-hybridized carbons (Fsp3) is 0.100. The maximum atomic E-state index is 14.3. The van der Waals surface area contributed by atoms with Crippen molar-refractivity contribution in [1.82, 2.24) is 0 Å². The highest BCUT2D eigenvalue weighted by Crippen LogP contribution is 2.42. The van der Waals surface area contributed by atoms with Gasteiger partial charge in [-0.3, -0.25) is 0 Å². The van der Waals surface area contributed by atoms with Gasteiger partial charge in [0.1, 0.15) is 0 Å². The minimum absolute atomic E-state index is 0.0569. The third-order valence-corrected chi connectivity index (χ3v) is 5.59. The van der Waals surface area contributed by atoms with Crippen LogP contribution in [0.1, 0.15) is 11.1 Å². The van der Waals surface area contributed by atoms with Crippen LogP contribution < -0.4 is 4.18 Å². The lowest BCUT2D eigenvalue weighted by Gasteiger charge is -2.13. The normalized spacial score (nSPS) is 13.1. The van der Waals surface area contributed by atoms with Crippen LogP contribution in [0.15, 0.2) is 54.6 Å². The number of rotatable bonds is 3. The maximum absolute atomic E-state index is 14.3. The Labute approximate surface area is 162 Å². The summed E-state index contributed by atoms with van der Waals surface area (Å²) in [6.07, 6.45) is 0.519. The van der Waals surface area contributed by atoms with Crippen molar-refractivity contribution in [3.8, 4) is 28.0 Å². The maximum Gasteiger partial charge on any atom is 0.534 e. The highest BCUT2D eigenvalue weighted by molar-refractivity contribution is 7.88. The summed E-state index contributed by atoms with van der Waals surface area (Å²) in [5.41, 5.74) is -1.55. The topological polar surface area (TPSA) is 43.4 Å². The van der Waals surface area contributed by atoms with Crippen molar-refractivity contribution in [2.75, 3.05) is 0 Å². The van der Waals surface area contributed by atoms with E-state index in [-0.39, 0.29) is 5.56 Å². The Hall–Kier alpha value is -2.94. The molecule has 0 saturated heterocycles. The van der Waals surface area contributed by atoms with Gasteiger partial charge in [0.05, 0.1) is 0 Å². The van der Waals surface area contributed by atoms with Crippen LogP contribution in [0.2, 0.25) is 0 Å². The van der Waals surface area contributed by atoms with Gasteiger partial charge in [0.25, 0.3) is 0 Å². The van der Waals surface area contributed by atoms with Crippen LogP contribution in [-0.2, 0) is 16.5 Å². The Bertz CT molecular complexity index is 1210. The van der Waals surface area contributed by atoms with Crippen LogP contribution >= 0.6 is 0 Å². The van der Waals surface area contributed by atoms with E-state index in [2.05, 4.69) is 4.18 Å². The first-order valence-electron chi connectivity index (χ1n) is 8.29. The monoisotopic (exact) mass is 426 g/mol. The van der Waals surface area contributed by atoms with Gasteiger partial charge in [-0.05, 0) is 51.9 Å². The highest BCUT2D eigenvalue weighted by atomic mass is 32.2. The van der Waals surface area contributed by atoms with E-state index >= 15 is 0 Å². The molecule has 4 rings (SSSR count). The number of hydrogen-bond donors (Lipinski definition) is 0. The van der Waals surface area contributed by atoms with E-state index in [1.807, 2.05) is 30.3 Å². The molecule has 29 heavy (non-hydrogen) atoms. The highest BCUT2D eigenvalue weighted by Gasteiger charge is 2.49. The zero-order valence-electron chi connectivity index (χ0n) is 14.4. The molecule has 0 unspecified atom stereocenters. The third-order valence-electron chi connectivity index (χ3n) is 4.64. The van der Waals surface area contributed by atoms with E-state index < -0.39 is 33.0 Å². The molecule has 0 aromatic heterocycles. The Kier molecular flexibility index (Phi) is 4.38. The van der Waals surface area contributed by atoms with Crippen LogP contribution in [0, 0.1) is 11.6 Å². The molecule has 3 nitrogen and oxygen atoms in total. The molecule has 1 aliphatic carbocycles. The average molecular weight is 426 g/mol. The number of halogens is 5. The van der Waals surface area contributed by atoms with E-state index in [0.717, 1.165) is 34.4 Å². The standard InChI is InChI=1S/C20H11F5O3S/c21-17-9-12(10-18(22)19(17)28-29(26,27)20(23,24)25)14-6-3-7-15-13-5-2-1-4-11(13)8-16(14)15/h1-7,9-10H,8H2. The largest absolute Gasteiger partial charge is 0.534 e. The third kappa shape index (κ3) is 3.25. The number of alkyl halides is 3. The summed E-state index contributed by atoms with van der Waals surface area (Å²) < 4.78 is 91.8. The van der Waals surface area contributed by atoms with Crippen molar-refractivity contribution in [2.24, 2.45) is 0 Å². The smallest absolute Gasteiger partial charge is 0.370 e. The quantitative estimate of drug-likeness (QED) is 0.249. The van der Waals surface area contributed by atoms with Gasteiger partial charge >= 0.3 is 15.6 Å². The molecule has 3 aromatic carbocycles. The Balaban J connectivity index is 1.78. The minimum Gasteiger partial charge on any atom is -0.370 e. The second-order valence-electron chi connectivity index (χ2n) is 6.42. The summed E-state index contributed by atoms with van der Waals surface area (Å²) in [4.78, 5) is 0. The lowest BCUT2D eigenvalue weighted by atomic mass is 9.95. The molecule has 0 spiro atoms. The Morgan fingerprint density at radius 2 is 1.41 bits per heavy atom. The van der Waals surface area contributed by atoms with Crippen LogP contribution in [0.5, 0.6) is 5.75 Å². The molecular formula is C20H11F5O3S. The van der Waals surface area contributed by atoms with E-state index in [1.165, 1.54) is 0 Å². The summed E-state index contributed by atoms with van der Waals surface area (Å²) in [7, 11) is -6.20. The number of fused-ring (bicyclic) bond motifs is 3. The van der Waals surface area contributed by atoms with Crippen molar-refractivity contribution in [3.05, 3.63) is 77.4 Å². The van der Waals surface area contributed by atoms with E-state index in [1.54, 1.807) is 12.1 Å². The van der Waals surface area contributed by atoms with Crippen molar-refractivity contribution in [2.45, 2.75) is 11.9 Å². The summed E-state index contributed by atoms with van der Waals surface area (Å²) in [6, 6.07) is 14.3.